The SMILES string of the molecule is CCC1(C)O[C@@H](CO)[C@@H](CO)O1. The van der Waals surface area contributed by atoms with Gasteiger partial charge in [0, 0.05) is 0 Å². The minimum atomic E-state index is -0.638. The van der Waals surface area contributed by atoms with Crippen LogP contribution in [0.2, 0.25) is 0 Å². The molecule has 1 fully saturated rings. The number of hydrogen-bond donors (Lipinski definition) is 2. The second-order valence-corrected chi connectivity index (χ2v) is 3.17. The summed E-state index contributed by atoms with van der Waals surface area (Å²) >= 11 is 0. The summed E-state index contributed by atoms with van der Waals surface area (Å²) in [7, 11) is 0. The summed E-state index contributed by atoms with van der Waals surface area (Å²) in [4.78, 5) is 0. The van der Waals surface area contributed by atoms with Gasteiger partial charge in [-0.3, -0.25) is 0 Å². The Morgan fingerprint density at radius 2 is 1.58 bits per heavy atom. The van der Waals surface area contributed by atoms with Crippen LogP contribution in [0, 0.1) is 0 Å². The van der Waals surface area contributed by atoms with Crippen molar-refractivity contribution in [1.82, 2.24) is 0 Å². The van der Waals surface area contributed by atoms with Crippen LogP contribution in [0.5, 0.6) is 0 Å². The van der Waals surface area contributed by atoms with Crippen LogP contribution in [-0.2, 0) is 9.47 Å². The quantitative estimate of drug-likeness (QED) is 0.629. The molecule has 1 rings (SSSR count). The monoisotopic (exact) mass is 176 g/mol. The van der Waals surface area contributed by atoms with Crippen molar-refractivity contribution in [1.29, 1.82) is 0 Å². The van der Waals surface area contributed by atoms with Gasteiger partial charge in [0.25, 0.3) is 0 Å². The zero-order valence-electron chi connectivity index (χ0n) is 7.49. The van der Waals surface area contributed by atoms with E-state index in [1.807, 2.05) is 13.8 Å². The highest BCUT2D eigenvalue weighted by atomic mass is 16.8. The molecule has 0 radical (unpaired) electrons. The van der Waals surface area contributed by atoms with E-state index in [1.165, 1.54) is 0 Å². The average molecular weight is 176 g/mol. The number of ether oxygens (including phenoxy) is 2. The van der Waals surface area contributed by atoms with E-state index in [0.717, 1.165) is 0 Å². The van der Waals surface area contributed by atoms with Crippen LogP contribution in [-0.4, -0.2) is 41.4 Å². The molecule has 1 aliphatic rings. The molecule has 12 heavy (non-hydrogen) atoms. The third-order valence-electron chi connectivity index (χ3n) is 2.22. The Kier molecular flexibility index (Phi) is 3.06. The molecule has 0 aromatic rings. The van der Waals surface area contributed by atoms with Crippen LogP contribution in [0.25, 0.3) is 0 Å². The van der Waals surface area contributed by atoms with Crippen LogP contribution >= 0.6 is 0 Å². The molecule has 3 atom stereocenters. The Balaban J connectivity index is 2.58. The lowest BCUT2D eigenvalue weighted by Gasteiger charge is -2.20. The number of aliphatic hydroxyl groups excluding tert-OH is 2. The van der Waals surface area contributed by atoms with Crippen LogP contribution < -0.4 is 0 Å². The van der Waals surface area contributed by atoms with E-state index < -0.39 is 5.79 Å². The van der Waals surface area contributed by atoms with E-state index >= 15 is 0 Å². The molecule has 1 unspecified atom stereocenters. The third kappa shape index (κ3) is 1.77. The van der Waals surface area contributed by atoms with Crippen molar-refractivity contribution in [3.05, 3.63) is 0 Å². The summed E-state index contributed by atoms with van der Waals surface area (Å²) in [5.74, 6) is -0.638. The van der Waals surface area contributed by atoms with Gasteiger partial charge in [0.2, 0.25) is 0 Å². The minimum Gasteiger partial charge on any atom is -0.394 e. The van der Waals surface area contributed by atoms with Crippen LogP contribution in [0.15, 0.2) is 0 Å². The fourth-order valence-electron chi connectivity index (χ4n) is 1.30. The number of aliphatic hydroxyl groups is 2. The molecule has 0 amide bonds. The first-order valence-corrected chi connectivity index (χ1v) is 4.22. The minimum absolute atomic E-state index is 0.110. The molecule has 1 aliphatic heterocycles. The van der Waals surface area contributed by atoms with Crippen molar-refractivity contribution in [2.24, 2.45) is 0 Å². The molecule has 72 valence electrons. The zero-order chi connectivity index (χ0) is 9.19. The Morgan fingerprint density at radius 1 is 1.17 bits per heavy atom. The Bertz CT molecular complexity index is 136. The second kappa shape index (κ2) is 3.70. The first kappa shape index (κ1) is 9.92. The standard InChI is InChI=1S/C8H16O4/c1-3-8(2)11-6(4-9)7(5-10)12-8/h6-7,9-10H,3-5H2,1-2H3/t6-,7+,8?. The maximum atomic E-state index is 8.88. The average Bonchev–Trinajstić information content (AvgIpc) is 2.43. The molecular formula is C8H16O4. The first-order chi connectivity index (χ1) is 5.65. The maximum Gasteiger partial charge on any atom is 0.166 e. The van der Waals surface area contributed by atoms with E-state index in [2.05, 4.69) is 0 Å². The highest BCUT2D eigenvalue weighted by Gasteiger charge is 2.42. The summed E-state index contributed by atoms with van der Waals surface area (Å²) in [5.41, 5.74) is 0. The molecular weight excluding hydrogens is 160 g/mol. The molecule has 0 saturated carbocycles. The summed E-state index contributed by atoms with van der Waals surface area (Å²) < 4.78 is 10.8. The number of rotatable bonds is 3. The largest absolute Gasteiger partial charge is 0.394 e. The van der Waals surface area contributed by atoms with Crippen molar-refractivity contribution >= 4 is 0 Å². The highest BCUT2D eigenvalue weighted by molar-refractivity contribution is 4.81. The van der Waals surface area contributed by atoms with Gasteiger partial charge in [0.05, 0.1) is 13.2 Å². The van der Waals surface area contributed by atoms with Gasteiger partial charge in [-0.2, -0.15) is 0 Å². The topological polar surface area (TPSA) is 58.9 Å². The van der Waals surface area contributed by atoms with Crippen molar-refractivity contribution in [3.63, 3.8) is 0 Å². The van der Waals surface area contributed by atoms with Gasteiger partial charge in [-0.25, -0.2) is 0 Å². The van der Waals surface area contributed by atoms with Gasteiger partial charge in [-0.05, 0) is 13.3 Å². The van der Waals surface area contributed by atoms with Crippen molar-refractivity contribution in [2.75, 3.05) is 13.2 Å². The second-order valence-electron chi connectivity index (χ2n) is 3.17. The first-order valence-electron chi connectivity index (χ1n) is 4.22. The Labute approximate surface area is 72.1 Å². The van der Waals surface area contributed by atoms with Gasteiger partial charge >= 0.3 is 0 Å². The smallest absolute Gasteiger partial charge is 0.166 e. The molecule has 0 aromatic heterocycles. The lowest BCUT2D eigenvalue weighted by atomic mass is 10.2. The molecule has 0 aliphatic carbocycles. The summed E-state index contributed by atoms with van der Waals surface area (Å²) in [5, 5.41) is 17.8. The van der Waals surface area contributed by atoms with Crippen LogP contribution in [0.1, 0.15) is 20.3 Å². The van der Waals surface area contributed by atoms with E-state index in [0.29, 0.717) is 6.42 Å². The summed E-state index contributed by atoms with van der Waals surface area (Å²) in [6.45, 7) is 3.53. The van der Waals surface area contributed by atoms with E-state index in [4.69, 9.17) is 19.7 Å². The Morgan fingerprint density at radius 3 is 1.83 bits per heavy atom. The number of hydrogen-bond acceptors (Lipinski definition) is 4. The predicted molar refractivity (Wildman–Crippen MR) is 42.6 cm³/mol. The van der Waals surface area contributed by atoms with E-state index in [1.54, 1.807) is 0 Å². The molecule has 1 saturated heterocycles. The molecule has 2 N–H and O–H groups in total. The molecule has 0 aromatic carbocycles. The van der Waals surface area contributed by atoms with E-state index in [-0.39, 0.29) is 25.4 Å². The van der Waals surface area contributed by atoms with Crippen molar-refractivity contribution in [2.45, 2.75) is 38.3 Å². The molecule has 0 spiro atoms. The fraction of sp³-hybridized carbons (Fsp3) is 1.00. The third-order valence-corrected chi connectivity index (χ3v) is 2.22. The molecule has 0 bridgehead atoms. The van der Waals surface area contributed by atoms with Crippen molar-refractivity contribution < 1.29 is 19.7 Å². The summed E-state index contributed by atoms with van der Waals surface area (Å²) in [6.07, 6.45) is -0.0695. The maximum absolute atomic E-state index is 8.88. The van der Waals surface area contributed by atoms with Gasteiger partial charge < -0.3 is 19.7 Å². The molecule has 4 heteroatoms. The Hall–Kier alpha value is -0.160. The lowest BCUT2D eigenvalue weighted by molar-refractivity contribution is -0.167. The summed E-state index contributed by atoms with van der Waals surface area (Å²) in [6, 6.07) is 0. The van der Waals surface area contributed by atoms with E-state index in [9.17, 15) is 0 Å². The van der Waals surface area contributed by atoms with Gasteiger partial charge in [0.15, 0.2) is 5.79 Å². The molecule has 1 heterocycles. The van der Waals surface area contributed by atoms with Gasteiger partial charge in [-0.15, -0.1) is 0 Å². The lowest BCUT2D eigenvalue weighted by Crippen LogP contribution is -2.29. The zero-order valence-corrected chi connectivity index (χ0v) is 7.49. The molecule has 4 nitrogen and oxygen atoms in total. The van der Waals surface area contributed by atoms with Gasteiger partial charge in [0.1, 0.15) is 12.2 Å². The fourth-order valence-corrected chi connectivity index (χ4v) is 1.30. The van der Waals surface area contributed by atoms with Crippen LogP contribution in [0.3, 0.4) is 0 Å². The van der Waals surface area contributed by atoms with Gasteiger partial charge in [-0.1, -0.05) is 6.92 Å². The van der Waals surface area contributed by atoms with Crippen molar-refractivity contribution in [3.8, 4) is 0 Å². The predicted octanol–water partition coefficient (Wildman–Crippen LogP) is -0.119. The highest BCUT2D eigenvalue weighted by Crippen LogP contribution is 2.30. The van der Waals surface area contributed by atoms with Crippen LogP contribution in [0.4, 0.5) is 0 Å². The normalized spacial score (nSPS) is 42.0.